The van der Waals surface area contributed by atoms with Gasteiger partial charge in [0.1, 0.15) is 5.92 Å². The molecule has 6 nitrogen and oxygen atoms in total. The molecule has 8 rings (SSSR count). The minimum absolute atomic E-state index is 0.338. The van der Waals surface area contributed by atoms with Crippen molar-refractivity contribution in [3.63, 3.8) is 0 Å². The number of imide groups is 1. The van der Waals surface area contributed by atoms with Crippen LogP contribution >= 0.6 is 0 Å². The lowest BCUT2D eigenvalue weighted by Gasteiger charge is -2.48. The molecule has 0 spiro atoms. The molecule has 1 heterocycles. The van der Waals surface area contributed by atoms with Gasteiger partial charge in [-0.05, 0) is 22.6 Å². The number of rotatable bonds is 2. The minimum Gasteiger partial charge on any atom is -0.274 e. The molecule has 34 heavy (non-hydrogen) atoms. The zero-order valence-corrected chi connectivity index (χ0v) is 17.9. The number of hydrogen-bond acceptors (Lipinski definition) is 4. The maximum atomic E-state index is 14.1. The SMILES string of the molecule is O=C1[C@@H]2C3c4ccccc4C([N+](=O)[O-])(c4ccccc43)[C@@H]2C(=O)N1c1cccc2ccccc12. The summed E-state index contributed by atoms with van der Waals surface area (Å²) in [4.78, 5) is 42.1. The molecule has 4 aliphatic rings. The minimum atomic E-state index is -1.81. The monoisotopic (exact) mass is 446 g/mol. The number of anilines is 1. The average Bonchev–Trinajstić information content (AvgIpc) is 3.14. The number of carbonyl (C=O) groups excluding carboxylic acids is 2. The van der Waals surface area contributed by atoms with E-state index in [0.717, 1.165) is 21.9 Å². The van der Waals surface area contributed by atoms with Crippen molar-refractivity contribution in [1.82, 2.24) is 0 Å². The summed E-state index contributed by atoms with van der Waals surface area (Å²) >= 11 is 0. The van der Waals surface area contributed by atoms with E-state index in [1.807, 2.05) is 60.7 Å². The zero-order valence-electron chi connectivity index (χ0n) is 17.9. The number of nitrogens with zero attached hydrogens (tertiary/aromatic N) is 2. The van der Waals surface area contributed by atoms with Gasteiger partial charge in [-0.2, -0.15) is 0 Å². The largest absolute Gasteiger partial charge is 0.285 e. The number of fused-ring (bicyclic) bond motifs is 1. The molecule has 6 heteroatoms. The standard InChI is InChI=1S/C28H18N2O4/c31-26-24-23-18-11-3-5-13-20(18)28(30(33)34,21-14-6-4-12-19(21)23)25(24)27(32)29(26)22-15-7-9-16-8-1-2-10-17(16)22/h1-15,23-25H/t23?,24-,25+,28?/m1/s1. The van der Waals surface area contributed by atoms with Crippen LogP contribution in [-0.2, 0) is 15.1 Å². The molecule has 1 fully saturated rings. The lowest BCUT2D eigenvalue weighted by molar-refractivity contribution is -0.578. The number of nitro groups is 1. The summed E-state index contributed by atoms with van der Waals surface area (Å²) in [5.74, 6) is -3.22. The first-order valence-electron chi connectivity index (χ1n) is 11.3. The van der Waals surface area contributed by atoms with E-state index in [0.29, 0.717) is 16.8 Å². The molecular weight excluding hydrogens is 428 g/mol. The summed E-state index contributed by atoms with van der Waals surface area (Å²) < 4.78 is 0. The van der Waals surface area contributed by atoms with Gasteiger partial charge in [-0.3, -0.25) is 19.7 Å². The molecule has 4 aromatic carbocycles. The van der Waals surface area contributed by atoms with Gasteiger partial charge in [-0.15, -0.1) is 0 Å². The van der Waals surface area contributed by atoms with Crippen LogP contribution in [0.2, 0.25) is 0 Å². The quantitative estimate of drug-likeness (QED) is 0.256. The van der Waals surface area contributed by atoms with Gasteiger partial charge in [-0.25, -0.2) is 4.90 Å². The maximum absolute atomic E-state index is 14.1. The molecule has 0 N–H and O–H groups in total. The van der Waals surface area contributed by atoms with Crippen LogP contribution in [0.4, 0.5) is 5.69 Å². The molecule has 0 radical (unpaired) electrons. The fourth-order valence-electron chi connectivity index (χ4n) is 6.68. The highest BCUT2D eigenvalue weighted by Gasteiger charge is 2.74. The number of benzene rings is 4. The predicted molar refractivity (Wildman–Crippen MR) is 126 cm³/mol. The Hall–Kier alpha value is -4.32. The van der Waals surface area contributed by atoms with E-state index < -0.39 is 29.2 Å². The van der Waals surface area contributed by atoms with Gasteiger partial charge < -0.3 is 0 Å². The van der Waals surface area contributed by atoms with Crippen molar-refractivity contribution >= 4 is 28.3 Å². The van der Waals surface area contributed by atoms with Crippen LogP contribution in [0.3, 0.4) is 0 Å². The van der Waals surface area contributed by atoms with Gasteiger partial charge >= 0.3 is 0 Å². The van der Waals surface area contributed by atoms with E-state index in [9.17, 15) is 19.7 Å². The summed E-state index contributed by atoms with van der Waals surface area (Å²) in [6.45, 7) is 0. The van der Waals surface area contributed by atoms with Crippen molar-refractivity contribution in [2.75, 3.05) is 4.90 Å². The first-order chi connectivity index (χ1) is 16.6. The Morgan fingerprint density at radius 3 is 2.00 bits per heavy atom. The summed E-state index contributed by atoms with van der Waals surface area (Å²) in [5.41, 5.74) is 1.24. The lowest BCUT2D eigenvalue weighted by Crippen LogP contribution is -2.57. The maximum Gasteiger partial charge on any atom is 0.285 e. The molecule has 1 saturated heterocycles. The van der Waals surface area contributed by atoms with Crippen LogP contribution < -0.4 is 4.90 Å². The molecule has 1 aliphatic heterocycles. The van der Waals surface area contributed by atoms with E-state index in [4.69, 9.17) is 0 Å². The van der Waals surface area contributed by atoms with Crippen molar-refractivity contribution in [1.29, 1.82) is 0 Å². The average molecular weight is 446 g/mol. The van der Waals surface area contributed by atoms with Gasteiger partial charge in [0.15, 0.2) is 0 Å². The van der Waals surface area contributed by atoms with Gasteiger partial charge in [0, 0.05) is 27.4 Å². The van der Waals surface area contributed by atoms with Crippen LogP contribution in [0, 0.1) is 22.0 Å². The second-order valence-electron chi connectivity index (χ2n) is 9.19. The highest BCUT2D eigenvalue weighted by atomic mass is 16.6. The van der Waals surface area contributed by atoms with Crippen molar-refractivity contribution < 1.29 is 14.5 Å². The Morgan fingerprint density at radius 1 is 0.735 bits per heavy atom. The molecular formula is C28H18N2O4. The highest BCUT2D eigenvalue weighted by Crippen LogP contribution is 2.64. The first-order valence-corrected chi connectivity index (χ1v) is 11.3. The van der Waals surface area contributed by atoms with E-state index >= 15 is 0 Å². The second kappa shape index (κ2) is 6.38. The molecule has 0 saturated carbocycles. The van der Waals surface area contributed by atoms with Crippen LogP contribution in [0.5, 0.6) is 0 Å². The van der Waals surface area contributed by atoms with E-state index in [1.54, 1.807) is 30.3 Å². The lowest BCUT2D eigenvalue weighted by atomic mass is 9.51. The van der Waals surface area contributed by atoms with Crippen LogP contribution in [0.25, 0.3) is 10.8 Å². The topological polar surface area (TPSA) is 80.5 Å². The van der Waals surface area contributed by atoms with Crippen LogP contribution in [0.15, 0.2) is 91.0 Å². The molecule has 0 unspecified atom stereocenters. The Kier molecular flexibility index (Phi) is 3.60. The Balaban J connectivity index is 1.54. The molecule has 2 bridgehead atoms. The van der Waals surface area contributed by atoms with Gasteiger partial charge in [0.2, 0.25) is 11.8 Å². The van der Waals surface area contributed by atoms with Crippen molar-refractivity contribution in [3.8, 4) is 0 Å². The number of amides is 2. The molecule has 0 aromatic heterocycles. The van der Waals surface area contributed by atoms with E-state index in [-0.39, 0.29) is 10.8 Å². The fourth-order valence-corrected chi connectivity index (χ4v) is 6.68. The summed E-state index contributed by atoms with van der Waals surface area (Å²) in [7, 11) is 0. The Bertz CT molecular complexity index is 1520. The third-order valence-corrected chi connectivity index (χ3v) is 7.87. The van der Waals surface area contributed by atoms with Crippen molar-refractivity contribution in [2.45, 2.75) is 11.5 Å². The normalized spacial score (nSPS) is 26.4. The molecule has 4 aromatic rings. The Labute approximate surface area is 194 Å². The van der Waals surface area contributed by atoms with Crippen LogP contribution in [0.1, 0.15) is 28.2 Å². The number of carbonyl (C=O) groups is 2. The summed E-state index contributed by atoms with van der Waals surface area (Å²) in [5, 5.41) is 14.7. The second-order valence-corrected chi connectivity index (χ2v) is 9.19. The summed E-state index contributed by atoms with van der Waals surface area (Å²) in [6.07, 6.45) is 0. The smallest absolute Gasteiger partial charge is 0.274 e. The molecule has 2 amide bonds. The Morgan fingerprint density at radius 2 is 1.32 bits per heavy atom. The van der Waals surface area contributed by atoms with Crippen molar-refractivity contribution in [3.05, 3.63) is 123 Å². The first kappa shape index (κ1) is 19.2. The molecule has 164 valence electrons. The third kappa shape index (κ3) is 2.02. The van der Waals surface area contributed by atoms with Crippen molar-refractivity contribution in [2.24, 2.45) is 11.8 Å². The van der Waals surface area contributed by atoms with Gasteiger partial charge in [-0.1, -0.05) is 84.9 Å². The fraction of sp³-hybridized carbons (Fsp3) is 0.143. The highest BCUT2D eigenvalue weighted by molar-refractivity contribution is 6.26. The van der Waals surface area contributed by atoms with Gasteiger partial charge in [0.25, 0.3) is 5.54 Å². The zero-order chi connectivity index (χ0) is 23.2. The molecule has 2 atom stereocenters. The number of hydrogen-bond donors (Lipinski definition) is 0. The van der Waals surface area contributed by atoms with E-state index in [2.05, 4.69) is 0 Å². The van der Waals surface area contributed by atoms with E-state index in [1.165, 1.54) is 4.90 Å². The molecule has 3 aliphatic carbocycles. The van der Waals surface area contributed by atoms with Crippen LogP contribution in [-0.4, -0.2) is 16.7 Å². The van der Waals surface area contributed by atoms with Gasteiger partial charge in [0.05, 0.1) is 11.6 Å². The third-order valence-electron chi connectivity index (χ3n) is 7.87. The summed E-state index contributed by atoms with van der Waals surface area (Å²) in [6, 6.07) is 27.5. The predicted octanol–water partition coefficient (Wildman–Crippen LogP) is 4.62.